The van der Waals surface area contributed by atoms with E-state index in [0.29, 0.717) is 5.92 Å². The molecule has 1 aromatic rings. The Morgan fingerprint density at radius 1 is 1.38 bits per heavy atom. The van der Waals surface area contributed by atoms with Crippen LogP contribution in [0.5, 0.6) is 0 Å². The first-order valence-corrected chi connectivity index (χ1v) is 6.33. The third-order valence-corrected chi connectivity index (χ3v) is 3.34. The van der Waals surface area contributed by atoms with Crippen LogP contribution in [-0.2, 0) is 6.42 Å². The van der Waals surface area contributed by atoms with Crippen molar-refractivity contribution in [3.63, 3.8) is 0 Å². The SMILES string of the molecule is Cc1oc(C(C)C)nc1CC1CCNCC1. The monoisotopic (exact) mass is 222 g/mol. The maximum Gasteiger partial charge on any atom is 0.197 e. The molecule has 1 aromatic heterocycles. The van der Waals surface area contributed by atoms with Gasteiger partial charge in [0.15, 0.2) is 5.89 Å². The maximum absolute atomic E-state index is 5.69. The molecule has 0 radical (unpaired) electrons. The van der Waals surface area contributed by atoms with Gasteiger partial charge >= 0.3 is 0 Å². The molecule has 3 heteroatoms. The van der Waals surface area contributed by atoms with Gasteiger partial charge < -0.3 is 9.73 Å². The normalized spacial score (nSPS) is 18.2. The number of piperidine rings is 1. The Kier molecular flexibility index (Phi) is 3.64. The summed E-state index contributed by atoms with van der Waals surface area (Å²) in [4.78, 5) is 4.62. The third-order valence-electron chi connectivity index (χ3n) is 3.34. The number of nitrogens with one attached hydrogen (secondary N) is 1. The number of hydrogen-bond acceptors (Lipinski definition) is 3. The second-order valence-corrected chi connectivity index (χ2v) is 5.11. The highest BCUT2D eigenvalue weighted by atomic mass is 16.4. The number of oxazole rings is 1. The molecule has 0 aliphatic carbocycles. The van der Waals surface area contributed by atoms with Crippen molar-refractivity contribution in [2.24, 2.45) is 5.92 Å². The highest BCUT2D eigenvalue weighted by Crippen LogP contribution is 2.23. The molecule has 90 valence electrons. The van der Waals surface area contributed by atoms with Crippen LogP contribution in [0.25, 0.3) is 0 Å². The number of rotatable bonds is 3. The van der Waals surface area contributed by atoms with Gasteiger partial charge in [0.25, 0.3) is 0 Å². The lowest BCUT2D eigenvalue weighted by Gasteiger charge is -2.21. The Morgan fingerprint density at radius 3 is 2.62 bits per heavy atom. The summed E-state index contributed by atoms with van der Waals surface area (Å²) in [7, 11) is 0. The van der Waals surface area contributed by atoms with Crippen molar-refractivity contribution in [1.82, 2.24) is 10.3 Å². The van der Waals surface area contributed by atoms with E-state index in [1.807, 2.05) is 6.92 Å². The van der Waals surface area contributed by atoms with E-state index in [4.69, 9.17) is 4.42 Å². The fraction of sp³-hybridized carbons (Fsp3) is 0.769. The molecule has 0 unspecified atom stereocenters. The van der Waals surface area contributed by atoms with Gasteiger partial charge in [-0.05, 0) is 45.2 Å². The molecule has 2 heterocycles. The zero-order valence-corrected chi connectivity index (χ0v) is 10.5. The molecule has 1 saturated heterocycles. The lowest BCUT2D eigenvalue weighted by molar-refractivity contribution is 0.368. The van der Waals surface area contributed by atoms with Crippen molar-refractivity contribution < 1.29 is 4.42 Å². The maximum atomic E-state index is 5.69. The van der Waals surface area contributed by atoms with Crippen molar-refractivity contribution in [3.8, 4) is 0 Å². The molecule has 0 bridgehead atoms. The number of aromatic nitrogens is 1. The quantitative estimate of drug-likeness (QED) is 0.854. The van der Waals surface area contributed by atoms with Gasteiger partial charge in [-0.3, -0.25) is 0 Å². The van der Waals surface area contributed by atoms with Crippen molar-refractivity contribution in [2.75, 3.05) is 13.1 Å². The van der Waals surface area contributed by atoms with Gasteiger partial charge in [0.1, 0.15) is 5.76 Å². The molecule has 0 saturated carbocycles. The summed E-state index contributed by atoms with van der Waals surface area (Å²) < 4.78 is 5.69. The molecule has 16 heavy (non-hydrogen) atoms. The second kappa shape index (κ2) is 5.00. The molecule has 0 aromatic carbocycles. The molecule has 1 N–H and O–H groups in total. The first kappa shape index (κ1) is 11.6. The molecule has 1 fully saturated rings. The van der Waals surface area contributed by atoms with Gasteiger partial charge in [0.2, 0.25) is 0 Å². The molecular weight excluding hydrogens is 200 g/mol. The van der Waals surface area contributed by atoms with E-state index in [2.05, 4.69) is 24.1 Å². The summed E-state index contributed by atoms with van der Waals surface area (Å²) in [5.41, 5.74) is 1.18. The molecular formula is C13H22N2O. The summed E-state index contributed by atoms with van der Waals surface area (Å²) in [6.45, 7) is 8.59. The molecule has 0 amide bonds. The Balaban J connectivity index is 2.02. The minimum absolute atomic E-state index is 0.389. The van der Waals surface area contributed by atoms with Crippen LogP contribution >= 0.6 is 0 Å². The van der Waals surface area contributed by atoms with Crippen LogP contribution < -0.4 is 5.32 Å². The minimum atomic E-state index is 0.389. The molecule has 1 aliphatic heterocycles. The molecule has 2 rings (SSSR count). The average molecular weight is 222 g/mol. The summed E-state index contributed by atoms with van der Waals surface area (Å²) >= 11 is 0. The van der Waals surface area contributed by atoms with E-state index >= 15 is 0 Å². The van der Waals surface area contributed by atoms with Gasteiger partial charge in [-0.2, -0.15) is 0 Å². The molecule has 1 aliphatic rings. The highest BCUT2D eigenvalue weighted by Gasteiger charge is 2.18. The van der Waals surface area contributed by atoms with Gasteiger partial charge in [-0.1, -0.05) is 13.8 Å². The minimum Gasteiger partial charge on any atom is -0.445 e. The first-order valence-electron chi connectivity index (χ1n) is 6.33. The van der Waals surface area contributed by atoms with Crippen LogP contribution in [0.2, 0.25) is 0 Å². The van der Waals surface area contributed by atoms with Crippen LogP contribution in [0, 0.1) is 12.8 Å². The van der Waals surface area contributed by atoms with Crippen LogP contribution in [0.15, 0.2) is 4.42 Å². The van der Waals surface area contributed by atoms with Gasteiger partial charge in [-0.15, -0.1) is 0 Å². The van der Waals surface area contributed by atoms with Gasteiger partial charge in [0, 0.05) is 5.92 Å². The Bertz CT molecular complexity index is 338. The number of aryl methyl sites for hydroxylation is 1. The predicted molar refractivity (Wildman–Crippen MR) is 64.6 cm³/mol. The fourth-order valence-electron chi connectivity index (χ4n) is 2.25. The fourth-order valence-corrected chi connectivity index (χ4v) is 2.25. The average Bonchev–Trinajstić information content (AvgIpc) is 2.62. The molecule has 0 atom stereocenters. The van der Waals surface area contributed by atoms with Crippen molar-refractivity contribution in [1.29, 1.82) is 0 Å². The van der Waals surface area contributed by atoms with E-state index in [-0.39, 0.29) is 0 Å². The summed E-state index contributed by atoms with van der Waals surface area (Å²) in [6, 6.07) is 0. The van der Waals surface area contributed by atoms with Crippen molar-refractivity contribution in [2.45, 2.75) is 46.0 Å². The Labute approximate surface area is 97.6 Å². The standard InChI is InChI=1S/C13H22N2O/c1-9(2)13-15-12(10(3)16-13)8-11-4-6-14-7-5-11/h9,11,14H,4-8H2,1-3H3. The van der Waals surface area contributed by atoms with Crippen molar-refractivity contribution in [3.05, 3.63) is 17.3 Å². The van der Waals surface area contributed by atoms with E-state index in [1.165, 1.54) is 18.5 Å². The Morgan fingerprint density at radius 2 is 2.06 bits per heavy atom. The third kappa shape index (κ3) is 2.64. The lowest BCUT2D eigenvalue weighted by atomic mass is 9.93. The predicted octanol–water partition coefficient (Wildman–Crippen LogP) is 2.65. The highest BCUT2D eigenvalue weighted by molar-refractivity contribution is 5.10. The summed E-state index contributed by atoms with van der Waals surface area (Å²) in [6.07, 6.45) is 3.62. The summed E-state index contributed by atoms with van der Waals surface area (Å²) in [5, 5.41) is 3.39. The summed E-state index contributed by atoms with van der Waals surface area (Å²) in [5.74, 6) is 3.08. The van der Waals surface area contributed by atoms with E-state index in [1.54, 1.807) is 0 Å². The lowest BCUT2D eigenvalue weighted by Crippen LogP contribution is -2.28. The van der Waals surface area contributed by atoms with Crippen LogP contribution in [0.4, 0.5) is 0 Å². The largest absolute Gasteiger partial charge is 0.445 e. The first-order chi connectivity index (χ1) is 7.66. The van der Waals surface area contributed by atoms with E-state index in [9.17, 15) is 0 Å². The van der Waals surface area contributed by atoms with Gasteiger partial charge in [0.05, 0.1) is 5.69 Å². The zero-order valence-electron chi connectivity index (χ0n) is 10.5. The van der Waals surface area contributed by atoms with Crippen LogP contribution in [0.1, 0.15) is 50.0 Å². The van der Waals surface area contributed by atoms with Crippen LogP contribution in [-0.4, -0.2) is 18.1 Å². The molecule has 0 spiro atoms. The Hall–Kier alpha value is -0.830. The van der Waals surface area contributed by atoms with E-state index < -0.39 is 0 Å². The van der Waals surface area contributed by atoms with E-state index in [0.717, 1.165) is 37.1 Å². The number of nitrogens with zero attached hydrogens (tertiary/aromatic N) is 1. The smallest absolute Gasteiger partial charge is 0.197 e. The van der Waals surface area contributed by atoms with Gasteiger partial charge in [-0.25, -0.2) is 4.98 Å². The van der Waals surface area contributed by atoms with Crippen molar-refractivity contribution >= 4 is 0 Å². The number of hydrogen-bond donors (Lipinski definition) is 1. The zero-order chi connectivity index (χ0) is 11.5. The second-order valence-electron chi connectivity index (χ2n) is 5.11. The topological polar surface area (TPSA) is 38.1 Å². The molecule has 3 nitrogen and oxygen atoms in total. The van der Waals surface area contributed by atoms with Crippen LogP contribution in [0.3, 0.4) is 0 Å².